The van der Waals surface area contributed by atoms with Crippen molar-refractivity contribution in [3.05, 3.63) is 90.3 Å². The molecule has 3 heterocycles. The molecular weight excluding hydrogens is 462 g/mol. The van der Waals surface area contributed by atoms with Crippen molar-refractivity contribution in [2.24, 2.45) is 0 Å². The van der Waals surface area contributed by atoms with Gasteiger partial charge in [-0.25, -0.2) is 13.4 Å². The molecule has 180 valence electrons. The van der Waals surface area contributed by atoms with E-state index in [4.69, 9.17) is 0 Å². The van der Waals surface area contributed by atoms with Gasteiger partial charge in [-0.2, -0.15) is 4.31 Å². The van der Waals surface area contributed by atoms with Gasteiger partial charge < -0.3 is 14.6 Å². The lowest BCUT2D eigenvalue weighted by Crippen LogP contribution is -2.47. The summed E-state index contributed by atoms with van der Waals surface area (Å²) >= 11 is 0. The molecule has 35 heavy (non-hydrogen) atoms. The third-order valence-corrected chi connectivity index (χ3v) is 8.18. The molecule has 1 aliphatic rings. The molecule has 1 fully saturated rings. The lowest BCUT2D eigenvalue weighted by molar-refractivity contribution is 0.0951. The molecule has 1 amide bonds. The van der Waals surface area contributed by atoms with Crippen LogP contribution in [0, 0.1) is 0 Å². The number of sulfonamides is 1. The molecule has 0 aliphatic carbocycles. The third kappa shape index (κ3) is 4.97. The molecule has 2 aromatic heterocycles. The third-order valence-electron chi connectivity index (χ3n) is 6.27. The molecule has 0 saturated carbocycles. The zero-order chi connectivity index (χ0) is 24.4. The molecule has 0 bridgehead atoms. The number of amides is 1. The number of hydrogen-bond acceptors (Lipinski definition) is 5. The van der Waals surface area contributed by atoms with Crippen molar-refractivity contribution < 1.29 is 13.2 Å². The molecule has 0 spiro atoms. The minimum atomic E-state index is -3.51. The maximum atomic E-state index is 12.9. The van der Waals surface area contributed by atoms with Gasteiger partial charge in [0.05, 0.1) is 10.6 Å². The van der Waals surface area contributed by atoms with E-state index in [1.165, 1.54) is 4.31 Å². The van der Waals surface area contributed by atoms with E-state index in [-0.39, 0.29) is 10.8 Å². The molecule has 5 rings (SSSR count). The van der Waals surface area contributed by atoms with E-state index in [0.717, 1.165) is 29.9 Å². The highest BCUT2D eigenvalue weighted by Gasteiger charge is 2.27. The van der Waals surface area contributed by atoms with Crippen molar-refractivity contribution in [3.8, 4) is 11.3 Å². The zero-order valence-corrected chi connectivity index (χ0v) is 20.3. The first kappa shape index (κ1) is 23.2. The van der Waals surface area contributed by atoms with Gasteiger partial charge in [0, 0.05) is 56.2 Å². The molecular formula is C26H27N5O3S. The molecule has 8 nitrogen and oxygen atoms in total. The number of pyridine rings is 1. The van der Waals surface area contributed by atoms with Crippen molar-refractivity contribution in [1.82, 2.24) is 23.9 Å². The number of fused-ring (bicyclic) bond motifs is 1. The van der Waals surface area contributed by atoms with E-state index in [1.54, 1.807) is 36.4 Å². The largest absolute Gasteiger partial charge is 0.348 e. The average molecular weight is 490 g/mol. The maximum Gasteiger partial charge on any atom is 0.251 e. The Balaban J connectivity index is 1.24. The van der Waals surface area contributed by atoms with Gasteiger partial charge in [0.15, 0.2) is 0 Å². The lowest BCUT2D eigenvalue weighted by atomic mass is 10.2. The van der Waals surface area contributed by atoms with Crippen LogP contribution in [0.1, 0.15) is 15.9 Å². The summed E-state index contributed by atoms with van der Waals surface area (Å²) in [7, 11) is -1.52. The fourth-order valence-electron chi connectivity index (χ4n) is 4.11. The highest BCUT2D eigenvalue weighted by Crippen LogP contribution is 2.20. The maximum absolute atomic E-state index is 12.9. The Kier molecular flexibility index (Phi) is 6.38. The monoisotopic (exact) mass is 489 g/mol. The average Bonchev–Trinajstić information content (AvgIpc) is 3.32. The van der Waals surface area contributed by atoms with Gasteiger partial charge in [-0.15, -0.1) is 0 Å². The van der Waals surface area contributed by atoms with Crippen LogP contribution < -0.4 is 5.32 Å². The second-order valence-electron chi connectivity index (χ2n) is 8.71. The molecule has 0 unspecified atom stereocenters. The van der Waals surface area contributed by atoms with Crippen molar-refractivity contribution in [1.29, 1.82) is 0 Å². The summed E-state index contributed by atoms with van der Waals surface area (Å²) in [5.41, 5.74) is 3.88. The fourth-order valence-corrected chi connectivity index (χ4v) is 5.53. The zero-order valence-electron chi connectivity index (χ0n) is 19.5. The Morgan fingerprint density at radius 3 is 2.40 bits per heavy atom. The van der Waals surface area contributed by atoms with Crippen LogP contribution in [0.15, 0.2) is 84.0 Å². The van der Waals surface area contributed by atoms with Crippen LogP contribution in [0.25, 0.3) is 16.9 Å². The molecule has 2 aromatic carbocycles. The van der Waals surface area contributed by atoms with Gasteiger partial charge in [-0.05, 0) is 36.9 Å². The number of imidazole rings is 1. The standard InChI is InChI=1S/C26H27N5O3S/c1-29-13-15-31(16-14-29)35(33,34)23-9-7-20(8-10-23)18-27-26(32)22-11-12-30-19-24(28-25(30)17-22)21-5-3-2-4-6-21/h2-12,17,19H,13-16,18H2,1H3,(H,27,32). The van der Waals surface area contributed by atoms with Gasteiger partial charge in [-0.1, -0.05) is 42.5 Å². The summed E-state index contributed by atoms with van der Waals surface area (Å²) in [5, 5.41) is 2.90. The van der Waals surface area contributed by atoms with E-state index in [9.17, 15) is 13.2 Å². The van der Waals surface area contributed by atoms with E-state index < -0.39 is 10.0 Å². The van der Waals surface area contributed by atoms with Crippen LogP contribution in [0.4, 0.5) is 0 Å². The molecule has 4 aromatic rings. The van der Waals surface area contributed by atoms with E-state index in [2.05, 4.69) is 15.2 Å². The Hall–Kier alpha value is -3.53. The van der Waals surface area contributed by atoms with Crippen molar-refractivity contribution >= 4 is 21.6 Å². The van der Waals surface area contributed by atoms with Crippen LogP contribution in [0.5, 0.6) is 0 Å². The topological polar surface area (TPSA) is 87.0 Å². The number of hydrogen-bond donors (Lipinski definition) is 1. The highest BCUT2D eigenvalue weighted by molar-refractivity contribution is 7.89. The summed E-state index contributed by atoms with van der Waals surface area (Å²) in [5.74, 6) is -0.217. The Morgan fingerprint density at radius 2 is 1.69 bits per heavy atom. The summed E-state index contributed by atoms with van der Waals surface area (Å²) in [6.45, 7) is 2.72. The Bertz CT molecular complexity index is 1440. The minimum absolute atomic E-state index is 0.217. The predicted octanol–water partition coefficient (Wildman–Crippen LogP) is 2.87. The van der Waals surface area contributed by atoms with Crippen LogP contribution in [-0.4, -0.2) is 66.1 Å². The van der Waals surface area contributed by atoms with E-state index in [0.29, 0.717) is 30.8 Å². The first-order valence-electron chi connectivity index (χ1n) is 11.5. The van der Waals surface area contributed by atoms with Gasteiger partial charge >= 0.3 is 0 Å². The Labute approximate surface area is 204 Å². The molecule has 1 saturated heterocycles. The predicted molar refractivity (Wildman–Crippen MR) is 134 cm³/mol. The first-order chi connectivity index (χ1) is 16.9. The van der Waals surface area contributed by atoms with Crippen LogP contribution in [0.3, 0.4) is 0 Å². The number of carbonyl (C=O) groups excluding carboxylic acids is 1. The quantitative estimate of drug-likeness (QED) is 0.450. The van der Waals surface area contributed by atoms with Gasteiger partial charge in [0.2, 0.25) is 10.0 Å². The summed E-state index contributed by atoms with van der Waals surface area (Å²) in [6, 6.07) is 20.1. The number of carbonyl (C=O) groups is 1. The second-order valence-corrected chi connectivity index (χ2v) is 10.6. The first-order valence-corrected chi connectivity index (χ1v) is 12.9. The van der Waals surface area contributed by atoms with Crippen molar-refractivity contribution in [2.45, 2.75) is 11.4 Å². The van der Waals surface area contributed by atoms with E-state index in [1.807, 2.05) is 54.2 Å². The molecule has 1 aliphatic heterocycles. The smallest absolute Gasteiger partial charge is 0.251 e. The lowest BCUT2D eigenvalue weighted by Gasteiger charge is -2.31. The molecule has 1 N–H and O–H groups in total. The summed E-state index contributed by atoms with van der Waals surface area (Å²) in [4.78, 5) is 19.8. The second kappa shape index (κ2) is 9.61. The van der Waals surface area contributed by atoms with Crippen molar-refractivity contribution in [3.63, 3.8) is 0 Å². The normalized spacial score (nSPS) is 15.3. The number of nitrogens with zero attached hydrogens (tertiary/aromatic N) is 4. The number of benzene rings is 2. The van der Waals surface area contributed by atoms with Crippen LogP contribution >= 0.6 is 0 Å². The SMILES string of the molecule is CN1CCN(S(=O)(=O)c2ccc(CNC(=O)c3ccn4cc(-c5ccccc5)nc4c3)cc2)CC1. The number of aromatic nitrogens is 2. The molecule has 0 atom stereocenters. The van der Waals surface area contributed by atoms with Crippen molar-refractivity contribution in [2.75, 3.05) is 33.2 Å². The highest BCUT2D eigenvalue weighted by atomic mass is 32.2. The van der Waals surface area contributed by atoms with Crippen LogP contribution in [-0.2, 0) is 16.6 Å². The summed E-state index contributed by atoms with van der Waals surface area (Å²) < 4.78 is 29.2. The number of piperazine rings is 1. The van der Waals surface area contributed by atoms with Gasteiger partial charge in [0.1, 0.15) is 5.65 Å². The molecule has 9 heteroatoms. The van der Waals surface area contributed by atoms with Crippen LogP contribution in [0.2, 0.25) is 0 Å². The van der Waals surface area contributed by atoms with Gasteiger partial charge in [-0.3, -0.25) is 4.79 Å². The fraction of sp³-hybridized carbons (Fsp3) is 0.231. The molecule has 0 radical (unpaired) electrons. The number of nitrogens with one attached hydrogen (secondary N) is 1. The number of rotatable bonds is 6. The number of likely N-dealkylation sites (N-methyl/N-ethyl adjacent to an activating group) is 1. The van der Waals surface area contributed by atoms with E-state index >= 15 is 0 Å². The summed E-state index contributed by atoms with van der Waals surface area (Å²) in [6.07, 6.45) is 3.76. The minimum Gasteiger partial charge on any atom is -0.348 e. The van der Waals surface area contributed by atoms with Gasteiger partial charge in [0.25, 0.3) is 5.91 Å². The Morgan fingerprint density at radius 1 is 0.971 bits per heavy atom.